The maximum atomic E-state index is 5.73. The van der Waals surface area contributed by atoms with Crippen LogP contribution in [0.1, 0.15) is 20.8 Å². The summed E-state index contributed by atoms with van der Waals surface area (Å²) >= 11 is 0. The summed E-state index contributed by atoms with van der Waals surface area (Å²) in [5.74, 6) is 0.854. The number of nitrogens with two attached hydrogens (primary N) is 1. The molecule has 5 heteroatoms. The lowest BCUT2D eigenvalue weighted by atomic mass is 10.2. The fourth-order valence-electron chi connectivity index (χ4n) is 1.15. The Morgan fingerprint density at radius 3 is 2.53 bits per heavy atom. The van der Waals surface area contributed by atoms with Gasteiger partial charge in [0.1, 0.15) is 6.61 Å². The van der Waals surface area contributed by atoms with Crippen LogP contribution in [0, 0.1) is 0 Å². The summed E-state index contributed by atoms with van der Waals surface area (Å²) in [5.41, 5.74) is 6.05. The highest BCUT2D eigenvalue weighted by atomic mass is 16.5. The van der Waals surface area contributed by atoms with Crippen molar-refractivity contribution in [2.45, 2.75) is 26.4 Å². The van der Waals surface area contributed by atoms with Crippen molar-refractivity contribution in [3.05, 3.63) is 12.1 Å². The van der Waals surface area contributed by atoms with Crippen molar-refractivity contribution in [2.75, 3.05) is 26.1 Å². The quantitative estimate of drug-likeness (QED) is 0.796. The standard InChI is InChI=1S/C12H20N2O3/c1-12(2,3)17-8-7-16-11-9(13)5-6-10(14-11)15-4/h5-6H,7-8,13H2,1-4H3. The molecular weight excluding hydrogens is 220 g/mol. The second-order valence-corrected chi connectivity index (χ2v) is 4.56. The minimum atomic E-state index is -0.170. The third-order valence-corrected chi connectivity index (χ3v) is 1.93. The lowest BCUT2D eigenvalue weighted by Gasteiger charge is -2.19. The topological polar surface area (TPSA) is 66.6 Å². The summed E-state index contributed by atoms with van der Waals surface area (Å²) in [6, 6.07) is 3.39. The van der Waals surface area contributed by atoms with E-state index in [0.717, 1.165) is 0 Å². The summed E-state index contributed by atoms with van der Waals surface area (Å²) in [4.78, 5) is 4.10. The van der Waals surface area contributed by atoms with Crippen LogP contribution >= 0.6 is 0 Å². The maximum absolute atomic E-state index is 5.73. The molecule has 2 N–H and O–H groups in total. The van der Waals surface area contributed by atoms with Gasteiger partial charge in [0.05, 0.1) is 25.0 Å². The van der Waals surface area contributed by atoms with Gasteiger partial charge in [-0.3, -0.25) is 0 Å². The molecule has 0 saturated carbocycles. The minimum absolute atomic E-state index is 0.170. The van der Waals surface area contributed by atoms with Gasteiger partial charge in [-0.25, -0.2) is 0 Å². The van der Waals surface area contributed by atoms with Crippen molar-refractivity contribution in [2.24, 2.45) is 0 Å². The predicted octanol–water partition coefficient (Wildman–Crippen LogP) is 1.87. The van der Waals surface area contributed by atoms with Gasteiger partial charge in [0.25, 0.3) is 0 Å². The van der Waals surface area contributed by atoms with Gasteiger partial charge in [-0.15, -0.1) is 0 Å². The van der Waals surface area contributed by atoms with E-state index < -0.39 is 0 Å². The molecule has 17 heavy (non-hydrogen) atoms. The zero-order valence-corrected chi connectivity index (χ0v) is 10.8. The Hall–Kier alpha value is -1.49. The summed E-state index contributed by atoms with van der Waals surface area (Å²) in [6.07, 6.45) is 0. The maximum Gasteiger partial charge on any atom is 0.240 e. The van der Waals surface area contributed by atoms with Gasteiger partial charge in [-0.1, -0.05) is 0 Å². The number of methoxy groups -OCH3 is 1. The number of ether oxygens (including phenoxy) is 3. The Morgan fingerprint density at radius 1 is 1.24 bits per heavy atom. The monoisotopic (exact) mass is 240 g/mol. The molecule has 0 spiro atoms. The highest BCUT2D eigenvalue weighted by Crippen LogP contribution is 2.21. The first-order valence-corrected chi connectivity index (χ1v) is 5.49. The van der Waals surface area contributed by atoms with Crippen LogP contribution in [0.15, 0.2) is 12.1 Å². The first-order chi connectivity index (χ1) is 7.92. The number of anilines is 1. The summed E-state index contributed by atoms with van der Waals surface area (Å²) in [6.45, 7) is 6.87. The zero-order valence-electron chi connectivity index (χ0n) is 10.8. The van der Waals surface area contributed by atoms with Crippen LogP contribution in [0.25, 0.3) is 0 Å². The summed E-state index contributed by atoms with van der Waals surface area (Å²) in [7, 11) is 1.55. The van der Waals surface area contributed by atoms with Gasteiger partial charge >= 0.3 is 0 Å². The number of pyridine rings is 1. The van der Waals surface area contributed by atoms with Crippen LogP contribution in [0.4, 0.5) is 5.69 Å². The van der Waals surface area contributed by atoms with E-state index in [1.54, 1.807) is 19.2 Å². The molecule has 0 aromatic carbocycles. The molecule has 0 amide bonds. The highest BCUT2D eigenvalue weighted by Gasteiger charge is 2.10. The lowest BCUT2D eigenvalue weighted by Crippen LogP contribution is -2.22. The molecule has 0 fully saturated rings. The van der Waals surface area contributed by atoms with E-state index in [-0.39, 0.29) is 5.60 Å². The van der Waals surface area contributed by atoms with Crippen molar-refractivity contribution in [3.63, 3.8) is 0 Å². The molecule has 0 aliphatic heterocycles. The molecule has 0 unspecified atom stereocenters. The minimum Gasteiger partial charge on any atom is -0.481 e. The third kappa shape index (κ3) is 4.91. The second kappa shape index (κ2) is 5.72. The van der Waals surface area contributed by atoms with E-state index in [1.165, 1.54) is 0 Å². The molecule has 0 atom stereocenters. The largest absolute Gasteiger partial charge is 0.481 e. The number of rotatable bonds is 5. The van der Waals surface area contributed by atoms with Crippen LogP contribution in [0.2, 0.25) is 0 Å². The van der Waals surface area contributed by atoms with Crippen LogP contribution < -0.4 is 15.2 Å². The predicted molar refractivity (Wildman–Crippen MR) is 66.4 cm³/mol. The van der Waals surface area contributed by atoms with E-state index in [2.05, 4.69) is 4.98 Å². The highest BCUT2D eigenvalue weighted by molar-refractivity contribution is 5.49. The summed E-state index contributed by atoms with van der Waals surface area (Å²) in [5, 5.41) is 0. The van der Waals surface area contributed by atoms with Gasteiger partial charge in [-0.2, -0.15) is 4.98 Å². The van der Waals surface area contributed by atoms with Crippen molar-refractivity contribution >= 4 is 5.69 Å². The van der Waals surface area contributed by atoms with Gasteiger partial charge in [0.15, 0.2) is 0 Å². The smallest absolute Gasteiger partial charge is 0.240 e. The average Bonchev–Trinajstić information content (AvgIpc) is 2.25. The van der Waals surface area contributed by atoms with Gasteiger partial charge in [0, 0.05) is 6.07 Å². The second-order valence-electron chi connectivity index (χ2n) is 4.56. The van der Waals surface area contributed by atoms with Crippen LogP contribution in [-0.4, -0.2) is 30.9 Å². The molecule has 5 nitrogen and oxygen atoms in total. The Bertz CT molecular complexity index is 361. The SMILES string of the molecule is COc1ccc(N)c(OCCOC(C)(C)C)n1. The lowest BCUT2D eigenvalue weighted by molar-refractivity contribution is -0.0167. The molecule has 0 saturated heterocycles. The molecule has 1 aromatic rings. The molecule has 0 aliphatic rings. The van der Waals surface area contributed by atoms with Crippen molar-refractivity contribution in [1.82, 2.24) is 4.98 Å². The first-order valence-electron chi connectivity index (χ1n) is 5.49. The number of hydrogen-bond acceptors (Lipinski definition) is 5. The van der Waals surface area contributed by atoms with Crippen molar-refractivity contribution in [1.29, 1.82) is 0 Å². The molecule has 0 bridgehead atoms. The average molecular weight is 240 g/mol. The van der Waals surface area contributed by atoms with Gasteiger partial charge < -0.3 is 19.9 Å². The molecule has 0 aliphatic carbocycles. The van der Waals surface area contributed by atoms with Crippen LogP contribution in [0.3, 0.4) is 0 Å². The normalized spacial score (nSPS) is 11.3. The number of nitrogens with zero attached hydrogens (tertiary/aromatic N) is 1. The first kappa shape index (κ1) is 13.6. The van der Waals surface area contributed by atoms with Gasteiger partial charge in [0.2, 0.25) is 11.8 Å². The van der Waals surface area contributed by atoms with E-state index in [4.69, 9.17) is 19.9 Å². The Balaban J connectivity index is 2.46. The van der Waals surface area contributed by atoms with Crippen molar-refractivity contribution in [3.8, 4) is 11.8 Å². The number of hydrogen-bond donors (Lipinski definition) is 1. The number of nitrogen functional groups attached to an aromatic ring is 1. The van der Waals surface area contributed by atoms with Crippen LogP contribution in [-0.2, 0) is 4.74 Å². The fourth-order valence-corrected chi connectivity index (χ4v) is 1.15. The fraction of sp³-hybridized carbons (Fsp3) is 0.583. The molecule has 1 rings (SSSR count). The van der Waals surface area contributed by atoms with Crippen molar-refractivity contribution < 1.29 is 14.2 Å². The van der Waals surface area contributed by atoms with Crippen LogP contribution in [0.5, 0.6) is 11.8 Å². The zero-order chi connectivity index (χ0) is 12.9. The molecule has 0 radical (unpaired) electrons. The molecule has 1 heterocycles. The molecule has 1 aromatic heterocycles. The molecular formula is C12H20N2O3. The van der Waals surface area contributed by atoms with E-state index in [1.807, 2.05) is 20.8 Å². The Kier molecular flexibility index (Phi) is 4.57. The summed E-state index contributed by atoms with van der Waals surface area (Å²) < 4.78 is 15.9. The Labute approximate surface area is 102 Å². The number of aromatic nitrogens is 1. The van der Waals surface area contributed by atoms with E-state index in [9.17, 15) is 0 Å². The van der Waals surface area contributed by atoms with E-state index in [0.29, 0.717) is 30.7 Å². The van der Waals surface area contributed by atoms with Gasteiger partial charge in [-0.05, 0) is 26.8 Å². The molecule has 96 valence electrons. The van der Waals surface area contributed by atoms with E-state index >= 15 is 0 Å². The Morgan fingerprint density at radius 2 is 1.94 bits per heavy atom. The third-order valence-electron chi connectivity index (χ3n) is 1.93.